The summed E-state index contributed by atoms with van der Waals surface area (Å²) in [6, 6.07) is -0.154. The third kappa shape index (κ3) is 4.39. The average molecular weight is 349 g/mol. The highest BCUT2D eigenvalue weighted by atomic mass is 16.4. The highest BCUT2D eigenvalue weighted by Crippen LogP contribution is 2.23. The molecule has 1 aromatic heterocycles. The lowest BCUT2D eigenvalue weighted by Gasteiger charge is -2.12. The Hall–Kier alpha value is -2.89. The van der Waals surface area contributed by atoms with Gasteiger partial charge in [0.2, 0.25) is 5.89 Å². The summed E-state index contributed by atoms with van der Waals surface area (Å²) in [5.74, 6) is 1.80. The van der Waals surface area contributed by atoms with Gasteiger partial charge in [0.15, 0.2) is 5.76 Å². The first-order valence-corrected chi connectivity index (χ1v) is 8.80. The second-order valence-electron chi connectivity index (χ2n) is 6.13. The number of nitrogens with zero attached hydrogens (tertiary/aromatic N) is 5. The highest BCUT2D eigenvalue weighted by molar-refractivity contribution is 6.07. The van der Waals surface area contributed by atoms with E-state index < -0.39 is 0 Å². The van der Waals surface area contributed by atoms with Crippen LogP contribution >= 0.6 is 0 Å². The van der Waals surface area contributed by atoms with Gasteiger partial charge in [-0.25, -0.2) is 15.0 Å². The van der Waals surface area contributed by atoms with Crippen LogP contribution in [0.15, 0.2) is 66.5 Å². The van der Waals surface area contributed by atoms with Gasteiger partial charge in [0, 0.05) is 19.1 Å². The van der Waals surface area contributed by atoms with Crippen molar-refractivity contribution in [1.82, 2.24) is 4.98 Å². The van der Waals surface area contributed by atoms with Crippen molar-refractivity contribution in [2.75, 3.05) is 0 Å². The van der Waals surface area contributed by atoms with Crippen molar-refractivity contribution >= 4 is 24.5 Å². The molecule has 26 heavy (non-hydrogen) atoms. The zero-order chi connectivity index (χ0) is 18.4. The van der Waals surface area contributed by atoms with Crippen LogP contribution in [0.3, 0.4) is 0 Å². The smallest absolute Gasteiger partial charge is 0.223 e. The maximum absolute atomic E-state index is 5.87. The number of oxazole rings is 1. The lowest BCUT2D eigenvalue weighted by Crippen LogP contribution is -2.11. The van der Waals surface area contributed by atoms with Gasteiger partial charge < -0.3 is 4.42 Å². The molecule has 0 saturated carbocycles. The average Bonchev–Trinajstić information content (AvgIpc) is 3.18. The molecule has 2 aliphatic heterocycles. The molecule has 0 N–H and O–H groups in total. The largest absolute Gasteiger partial charge is 0.436 e. The van der Waals surface area contributed by atoms with Crippen LogP contribution in [-0.4, -0.2) is 35.6 Å². The molecule has 134 valence electrons. The van der Waals surface area contributed by atoms with Gasteiger partial charge in [-0.15, -0.1) is 0 Å². The minimum absolute atomic E-state index is 0.154. The van der Waals surface area contributed by atoms with E-state index in [1.807, 2.05) is 30.5 Å². The first-order chi connectivity index (χ1) is 12.7. The van der Waals surface area contributed by atoms with Gasteiger partial charge in [-0.1, -0.05) is 30.7 Å². The van der Waals surface area contributed by atoms with Crippen LogP contribution in [-0.2, 0) is 0 Å². The van der Waals surface area contributed by atoms with E-state index in [0.717, 1.165) is 25.0 Å². The zero-order valence-corrected chi connectivity index (χ0v) is 15.2. The van der Waals surface area contributed by atoms with Gasteiger partial charge in [0.25, 0.3) is 0 Å². The minimum Gasteiger partial charge on any atom is -0.436 e. The predicted octanol–water partition coefficient (Wildman–Crippen LogP) is 4.28. The van der Waals surface area contributed by atoms with Crippen LogP contribution in [0.1, 0.15) is 50.8 Å². The molecule has 1 aromatic rings. The van der Waals surface area contributed by atoms with Gasteiger partial charge in [-0.05, 0) is 32.2 Å². The summed E-state index contributed by atoms with van der Waals surface area (Å²) in [5, 5.41) is 0. The summed E-state index contributed by atoms with van der Waals surface area (Å²) in [6.07, 6.45) is 15.8. The molecule has 3 rings (SSSR count). The molecular formula is C20H23N5O. The van der Waals surface area contributed by atoms with E-state index >= 15 is 0 Å². The molecule has 0 saturated heterocycles. The summed E-state index contributed by atoms with van der Waals surface area (Å²) in [7, 11) is 0. The quantitative estimate of drug-likeness (QED) is 0.452. The van der Waals surface area contributed by atoms with Crippen molar-refractivity contribution in [3.05, 3.63) is 53.8 Å². The van der Waals surface area contributed by atoms with E-state index in [4.69, 9.17) is 4.42 Å². The molecule has 0 bridgehead atoms. The van der Waals surface area contributed by atoms with E-state index in [0.29, 0.717) is 17.5 Å². The van der Waals surface area contributed by atoms with Gasteiger partial charge in [-0.3, -0.25) is 9.98 Å². The van der Waals surface area contributed by atoms with Crippen molar-refractivity contribution in [3.63, 3.8) is 0 Å². The maximum Gasteiger partial charge on any atom is 0.223 e. The first kappa shape index (κ1) is 17.9. The highest BCUT2D eigenvalue weighted by Gasteiger charge is 2.18. The minimum atomic E-state index is -0.238. The molecular weight excluding hydrogens is 326 g/mol. The van der Waals surface area contributed by atoms with Crippen molar-refractivity contribution in [3.8, 4) is 0 Å². The summed E-state index contributed by atoms with van der Waals surface area (Å²) in [4.78, 5) is 22.0. The summed E-state index contributed by atoms with van der Waals surface area (Å²) in [5.41, 5.74) is 1.93. The lowest BCUT2D eigenvalue weighted by molar-refractivity contribution is 0.472. The fraction of sp³-hybridized carbons (Fsp3) is 0.350. The molecule has 0 amide bonds. The first-order valence-electron chi connectivity index (χ1n) is 8.80. The van der Waals surface area contributed by atoms with E-state index in [-0.39, 0.29) is 12.2 Å². The molecule has 2 atom stereocenters. The second kappa shape index (κ2) is 8.47. The third-order valence-corrected chi connectivity index (χ3v) is 4.14. The summed E-state index contributed by atoms with van der Waals surface area (Å²) in [6.45, 7) is 7.75. The SMILES string of the molecule is C=NC(/C=C(/C)CC)=NC1CC=CC(c2cnc(C3C=CCC=N3)o2)=N1. The van der Waals surface area contributed by atoms with Crippen molar-refractivity contribution in [2.24, 2.45) is 20.0 Å². The van der Waals surface area contributed by atoms with Crippen molar-refractivity contribution in [1.29, 1.82) is 0 Å². The molecule has 2 unspecified atom stereocenters. The van der Waals surface area contributed by atoms with Crippen LogP contribution < -0.4 is 0 Å². The molecule has 0 spiro atoms. The Bertz CT molecular complexity index is 826. The van der Waals surface area contributed by atoms with Gasteiger partial charge in [0.1, 0.15) is 23.8 Å². The Morgan fingerprint density at radius 1 is 1.42 bits per heavy atom. The van der Waals surface area contributed by atoms with E-state index in [9.17, 15) is 0 Å². The molecule has 2 aliphatic rings. The number of aliphatic imine (C=N–C) groups is 4. The number of rotatable bonds is 5. The number of hydrogen-bond acceptors (Lipinski definition) is 5. The third-order valence-electron chi connectivity index (χ3n) is 4.14. The Morgan fingerprint density at radius 3 is 3.04 bits per heavy atom. The van der Waals surface area contributed by atoms with Crippen LogP contribution in [0.5, 0.6) is 0 Å². The van der Waals surface area contributed by atoms with E-state index in [1.54, 1.807) is 6.20 Å². The maximum atomic E-state index is 5.87. The van der Waals surface area contributed by atoms with E-state index in [2.05, 4.69) is 51.6 Å². The normalized spacial score (nSPS) is 23.2. The van der Waals surface area contributed by atoms with Crippen LogP contribution in [0.25, 0.3) is 0 Å². The van der Waals surface area contributed by atoms with Crippen LogP contribution in [0.4, 0.5) is 0 Å². The fourth-order valence-electron chi connectivity index (χ4n) is 2.57. The van der Waals surface area contributed by atoms with Gasteiger partial charge >= 0.3 is 0 Å². The van der Waals surface area contributed by atoms with Crippen LogP contribution in [0.2, 0.25) is 0 Å². The lowest BCUT2D eigenvalue weighted by atomic mass is 10.2. The Morgan fingerprint density at radius 2 is 2.31 bits per heavy atom. The molecule has 0 aromatic carbocycles. The number of hydrogen-bond donors (Lipinski definition) is 0. The van der Waals surface area contributed by atoms with Crippen LogP contribution in [0, 0.1) is 0 Å². The molecule has 6 heteroatoms. The Balaban J connectivity index is 1.80. The topological polar surface area (TPSA) is 75.5 Å². The molecule has 0 fully saturated rings. The summed E-state index contributed by atoms with van der Waals surface area (Å²) >= 11 is 0. The Labute approximate surface area is 153 Å². The fourth-order valence-corrected chi connectivity index (χ4v) is 2.57. The Kier molecular flexibility index (Phi) is 5.84. The number of allylic oxidation sites excluding steroid dienone is 3. The molecule has 6 nitrogen and oxygen atoms in total. The van der Waals surface area contributed by atoms with E-state index in [1.165, 1.54) is 5.57 Å². The predicted molar refractivity (Wildman–Crippen MR) is 107 cm³/mol. The second-order valence-corrected chi connectivity index (χ2v) is 6.13. The van der Waals surface area contributed by atoms with Gasteiger partial charge in [0.05, 0.1) is 6.20 Å². The summed E-state index contributed by atoms with van der Waals surface area (Å²) < 4.78 is 5.87. The molecule has 3 heterocycles. The van der Waals surface area contributed by atoms with Crippen molar-refractivity contribution in [2.45, 2.75) is 45.3 Å². The number of amidine groups is 1. The molecule has 0 aliphatic carbocycles. The molecule has 0 radical (unpaired) electrons. The van der Waals surface area contributed by atoms with Crippen molar-refractivity contribution < 1.29 is 4.42 Å². The standard InChI is InChI=1S/C20H23N5O/c1-4-14(2)12-19(21-3)25-18-10-7-9-15(24-18)17-13-23-20(26-17)16-8-5-6-11-22-16/h5,7-9,11-13,16,18H,3-4,6,10H2,1-2H3/b14-12-,25-19?. The number of dihydropyridines is 2. The number of aromatic nitrogens is 1. The zero-order valence-electron chi connectivity index (χ0n) is 15.2. The van der Waals surface area contributed by atoms with Gasteiger partial charge in [-0.2, -0.15) is 0 Å². The monoisotopic (exact) mass is 349 g/mol.